The fraction of sp³-hybridized carbons (Fsp3) is 0.524. The van der Waals surface area contributed by atoms with Crippen LogP contribution in [0.3, 0.4) is 0 Å². The summed E-state index contributed by atoms with van der Waals surface area (Å²) in [6, 6.07) is 6.89. The molecule has 0 aromatic heterocycles. The van der Waals surface area contributed by atoms with E-state index in [1.165, 1.54) is 6.42 Å². The van der Waals surface area contributed by atoms with Crippen LogP contribution >= 0.6 is 0 Å². The van der Waals surface area contributed by atoms with Gasteiger partial charge in [0.1, 0.15) is 5.75 Å². The minimum Gasteiger partial charge on any atom is -0.497 e. The van der Waals surface area contributed by atoms with Crippen molar-refractivity contribution >= 4 is 12.0 Å². The van der Waals surface area contributed by atoms with Gasteiger partial charge in [-0.05, 0) is 50.9 Å². The van der Waals surface area contributed by atoms with Gasteiger partial charge in [-0.25, -0.2) is 9.59 Å². The number of ether oxygens (including phenoxy) is 2. The number of amides is 2. The number of nitrogens with zero attached hydrogens (tertiary/aromatic N) is 1. The number of hydrogen-bond acceptors (Lipinski definition) is 5. The fourth-order valence-corrected chi connectivity index (χ4v) is 3.83. The number of benzene rings is 1. The molecule has 3 rings (SSSR count). The highest BCUT2D eigenvalue weighted by Crippen LogP contribution is 2.30. The molecule has 7 nitrogen and oxygen atoms in total. The summed E-state index contributed by atoms with van der Waals surface area (Å²) in [4.78, 5) is 27.5. The molecule has 1 fully saturated rings. The van der Waals surface area contributed by atoms with Crippen LogP contribution < -0.4 is 15.4 Å². The Hall–Kier alpha value is -2.54. The second kappa shape index (κ2) is 9.10. The summed E-state index contributed by atoms with van der Waals surface area (Å²) < 4.78 is 10.5. The van der Waals surface area contributed by atoms with Gasteiger partial charge in [-0.3, -0.25) is 4.90 Å². The molecule has 0 spiro atoms. The molecule has 1 aromatic rings. The van der Waals surface area contributed by atoms with Gasteiger partial charge in [0, 0.05) is 18.3 Å². The van der Waals surface area contributed by atoms with Gasteiger partial charge in [-0.1, -0.05) is 18.6 Å². The molecule has 2 amide bonds. The van der Waals surface area contributed by atoms with Gasteiger partial charge in [0.05, 0.1) is 25.3 Å². The summed E-state index contributed by atoms with van der Waals surface area (Å²) in [6.45, 7) is 5.72. The van der Waals surface area contributed by atoms with Crippen molar-refractivity contribution in [3.8, 4) is 5.75 Å². The second-order valence-electron chi connectivity index (χ2n) is 7.23. The summed E-state index contributed by atoms with van der Waals surface area (Å²) >= 11 is 0. The summed E-state index contributed by atoms with van der Waals surface area (Å²) in [5.74, 6) is 0.309. The highest BCUT2D eigenvalue weighted by molar-refractivity contribution is 5.95. The lowest BCUT2D eigenvalue weighted by molar-refractivity contribution is -0.139. The van der Waals surface area contributed by atoms with Gasteiger partial charge in [-0.15, -0.1) is 0 Å². The van der Waals surface area contributed by atoms with Crippen molar-refractivity contribution in [2.24, 2.45) is 0 Å². The number of rotatable bonds is 6. The summed E-state index contributed by atoms with van der Waals surface area (Å²) in [5, 5.41) is 5.73. The smallest absolute Gasteiger partial charge is 0.338 e. The number of piperidine rings is 1. The molecule has 2 aliphatic heterocycles. The molecule has 2 aliphatic rings. The lowest BCUT2D eigenvalue weighted by Gasteiger charge is -2.36. The molecule has 2 N–H and O–H groups in total. The molecule has 152 valence electrons. The van der Waals surface area contributed by atoms with Crippen molar-refractivity contribution in [2.75, 3.05) is 26.8 Å². The number of methoxy groups -OCH3 is 1. The van der Waals surface area contributed by atoms with Crippen molar-refractivity contribution in [1.82, 2.24) is 15.5 Å². The minimum absolute atomic E-state index is 0.277. The number of esters is 1. The highest BCUT2D eigenvalue weighted by atomic mass is 16.5. The van der Waals surface area contributed by atoms with E-state index < -0.39 is 12.0 Å². The highest BCUT2D eigenvalue weighted by Gasteiger charge is 2.35. The van der Waals surface area contributed by atoms with E-state index in [2.05, 4.69) is 22.5 Å². The van der Waals surface area contributed by atoms with Crippen molar-refractivity contribution in [3.63, 3.8) is 0 Å². The first-order chi connectivity index (χ1) is 13.5. The van der Waals surface area contributed by atoms with E-state index in [9.17, 15) is 9.59 Å². The third-order valence-corrected chi connectivity index (χ3v) is 5.40. The first-order valence-corrected chi connectivity index (χ1v) is 9.89. The predicted octanol–water partition coefficient (Wildman–Crippen LogP) is 2.74. The molecule has 7 heteroatoms. The molecule has 0 bridgehead atoms. The molecule has 1 saturated heterocycles. The molecular formula is C21H29N3O4. The first-order valence-electron chi connectivity index (χ1n) is 9.89. The maximum Gasteiger partial charge on any atom is 0.338 e. The van der Waals surface area contributed by atoms with E-state index in [0.29, 0.717) is 29.6 Å². The molecule has 28 heavy (non-hydrogen) atoms. The van der Waals surface area contributed by atoms with E-state index in [1.807, 2.05) is 24.3 Å². The van der Waals surface area contributed by atoms with Crippen LogP contribution in [0.4, 0.5) is 4.79 Å². The zero-order valence-corrected chi connectivity index (χ0v) is 16.8. The van der Waals surface area contributed by atoms with Crippen molar-refractivity contribution in [3.05, 3.63) is 41.1 Å². The summed E-state index contributed by atoms with van der Waals surface area (Å²) in [5.41, 5.74) is 1.89. The third kappa shape index (κ3) is 4.47. The van der Waals surface area contributed by atoms with Crippen LogP contribution in [0.5, 0.6) is 5.75 Å². The van der Waals surface area contributed by atoms with E-state index >= 15 is 0 Å². The Labute approximate surface area is 166 Å². The van der Waals surface area contributed by atoms with Gasteiger partial charge >= 0.3 is 12.0 Å². The maximum atomic E-state index is 12.8. The number of likely N-dealkylation sites (tertiary alicyclic amines) is 1. The number of urea groups is 1. The Bertz CT molecular complexity index is 745. The van der Waals surface area contributed by atoms with Gasteiger partial charge in [-0.2, -0.15) is 0 Å². The Morgan fingerprint density at radius 1 is 1.25 bits per heavy atom. The minimum atomic E-state index is -0.561. The topological polar surface area (TPSA) is 79.9 Å². The molecule has 0 unspecified atom stereocenters. The lowest BCUT2D eigenvalue weighted by Crippen LogP contribution is -2.50. The van der Waals surface area contributed by atoms with E-state index in [4.69, 9.17) is 9.47 Å². The zero-order chi connectivity index (χ0) is 20.1. The maximum absolute atomic E-state index is 12.8. The Balaban J connectivity index is 1.98. The molecule has 0 aliphatic carbocycles. The summed E-state index contributed by atoms with van der Waals surface area (Å²) in [7, 11) is 1.60. The van der Waals surface area contributed by atoms with E-state index in [0.717, 1.165) is 24.9 Å². The number of carbonyl (C=O) groups is 2. The van der Waals surface area contributed by atoms with Crippen LogP contribution in [0.15, 0.2) is 35.5 Å². The van der Waals surface area contributed by atoms with Crippen molar-refractivity contribution < 1.29 is 19.1 Å². The lowest BCUT2D eigenvalue weighted by atomic mass is 9.94. The second-order valence-corrected chi connectivity index (χ2v) is 7.23. The molecule has 0 saturated carbocycles. The average Bonchev–Trinajstić information content (AvgIpc) is 2.69. The quantitative estimate of drug-likeness (QED) is 0.734. The van der Waals surface area contributed by atoms with Gasteiger partial charge in [0.15, 0.2) is 0 Å². The normalized spacial score (nSPS) is 23.0. The van der Waals surface area contributed by atoms with Gasteiger partial charge < -0.3 is 20.1 Å². The number of nitrogens with one attached hydrogen (secondary N) is 2. The number of hydrogen-bond donors (Lipinski definition) is 2. The predicted molar refractivity (Wildman–Crippen MR) is 106 cm³/mol. The summed E-state index contributed by atoms with van der Waals surface area (Å²) in [6.07, 6.45) is 3.46. The number of carbonyl (C=O) groups excluding carboxylic acids is 2. The van der Waals surface area contributed by atoms with E-state index in [1.54, 1.807) is 14.0 Å². The van der Waals surface area contributed by atoms with Crippen LogP contribution in [-0.4, -0.2) is 49.7 Å². The largest absolute Gasteiger partial charge is 0.497 e. The van der Waals surface area contributed by atoms with Gasteiger partial charge in [0.2, 0.25) is 0 Å². The zero-order valence-electron chi connectivity index (χ0n) is 16.8. The molecule has 1 aromatic carbocycles. The van der Waals surface area contributed by atoms with Crippen LogP contribution in [0.1, 0.15) is 44.7 Å². The molecule has 2 heterocycles. The Morgan fingerprint density at radius 2 is 2.00 bits per heavy atom. The van der Waals surface area contributed by atoms with Gasteiger partial charge in [0.25, 0.3) is 0 Å². The van der Waals surface area contributed by atoms with Crippen LogP contribution in [0.25, 0.3) is 0 Å². The van der Waals surface area contributed by atoms with Crippen LogP contribution in [-0.2, 0) is 9.53 Å². The van der Waals surface area contributed by atoms with E-state index in [-0.39, 0.29) is 12.6 Å². The fourth-order valence-electron chi connectivity index (χ4n) is 3.83. The third-order valence-electron chi connectivity index (χ3n) is 5.40. The molecule has 2 atom stereocenters. The van der Waals surface area contributed by atoms with Crippen molar-refractivity contribution in [1.29, 1.82) is 0 Å². The SMILES string of the molecule is CCOC(=O)C1=C(CN2CCCC[C@@H]2C)NC(=O)N[C@@H]1c1ccc(OC)cc1. The monoisotopic (exact) mass is 387 g/mol. The van der Waals surface area contributed by atoms with Crippen molar-refractivity contribution in [2.45, 2.75) is 45.2 Å². The Kier molecular flexibility index (Phi) is 6.57. The standard InChI is InChI=1S/C21H29N3O4/c1-4-28-20(25)18-17(13-24-12-6-5-7-14(24)2)22-21(26)23-19(18)15-8-10-16(27-3)11-9-15/h8-11,14,19H,4-7,12-13H2,1-3H3,(H2,22,23,26)/t14-,19+/m0/s1. The molecular weight excluding hydrogens is 358 g/mol. The molecule has 0 radical (unpaired) electrons. The first kappa shape index (κ1) is 20.2. The van der Waals surface area contributed by atoms with Crippen LogP contribution in [0, 0.1) is 0 Å². The van der Waals surface area contributed by atoms with Crippen LogP contribution in [0.2, 0.25) is 0 Å². The average molecular weight is 387 g/mol. The Morgan fingerprint density at radius 3 is 2.64 bits per heavy atom.